The molecule has 1 amide bonds. The number of amides is 1. The summed E-state index contributed by atoms with van der Waals surface area (Å²) in [6, 6.07) is 4.24. The summed E-state index contributed by atoms with van der Waals surface area (Å²) in [6.07, 6.45) is 1.69. The van der Waals surface area contributed by atoms with Crippen LogP contribution in [0.25, 0.3) is 11.0 Å². The molecule has 1 saturated heterocycles. The molecule has 1 aliphatic heterocycles. The molecule has 32 heavy (non-hydrogen) atoms. The Bertz CT molecular complexity index is 1250. The van der Waals surface area contributed by atoms with Gasteiger partial charge >= 0.3 is 0 Å². The summed E-state index contributed by atoms with van der Waals surface area (Å²) in [5.74, 6) is -1.91. The van der Waals surface area contributed by atoms with Crippen molar-refractivity contribution in [2.24, 2.45) is 0 Å². The molecule has 3 aromatic heterocycles. The molecule has 0 unspecified atom stereocenters. The highest BCUT2D eigenvalue weighted by atomic mass is 19.1. The van der Waals surface area contributed by atoms with Gasteiger partial charge in [0.05, 0.1) is 5.52 Å². The van der Waals surface area contributed by atoms with Crippen LogP contribution in [-0.2, 0) is 13.0 Å². The van der Waals surface area contributed by atoms with E-state index in [0.29, 0.717) is 29.6 Å². The second kappa shape index (κ2) is 8.62. The van der Waals surface area contributed by atoms with Gasteiger partial charge in [0.2, 0.25) is 0 Å². The van der Waals surface area contributed by atoms with Gasteiger partial charge in [-0.3, -0.25) is 19.5 Å². The van der Waals surface area contributed by atoms with Gasteiger partial charge in [0, 0.05) is 43.5 Å². The maximum absolute atomic E-state index is 15.0. The number of nitrogens with one attached hydrogen (secondary N) is 2. The van der Waals surface area contributed by atoms with Gasteiger partial charge in [0.15, 0.2) is 11.6 Å². The number of aromatic nitrogens is 3. The molecule has 1 aliphatic rings. The van der Waals surface area contributed by atoms with Crippen molar-refractivity contribution in [3.05, 3.63) is 63.3 Å². The average Bonchev–Trinajstić information content (AvgIpc) is 2.79. The van der Waals surface area contributed by atoms with Crippen LogP contribution in [0.3, 0.4) is 0 Å². The normalized spacial score (nSPS) is 18.4. The van der Waals surface area contributed by atoms with Gasteiger partial charge in [0.25, 0.3) is 17.4 Å². The van der Waals surface area contributed by atoms with Crippen molar-refractivity contribution in [1.82, 2.24) is 25.2 Å². The molecule has 0 saturated carbocycles. The Morgan fingerprint density at radius 1 is 1.34 bits per heavy atom. The highest BCUT2D eigenvalue weighted by Crippen LogP contribution is 2.28. The third-order valence-electron chi connectivity index (χ3n) is 5.79. The monoisotopic (exact) mass is 443 g/mol. The standard InChI is InChI=1S/C22H23F2N5O3/c1-4-12-7-15-19(28-21(12)30)18(23)13(8-26-15)9-29-10-17(11(29)2)32-16-6-5-14(22(31)25-3)27-20(16)24/h5-8,11,17H,4,9-10H2,1-3H3,(H,25,31)(H,28,30)/t11-,17+/m1/s1. The fraction of sp³-hybridized carbons (Fsp3) is 0.364. The zero-order valence-corrected chi connectivity index (χ0v) is 17.9. The van der Waals surface area contributed by atoms with Gasteiger partial charge in [-0.25, -0.2) is 9.37 Å². The summed E-state index contributed by atoms with van der Waals surface area (Å²) in [6.45, 7) is 4.45. The molecule has 8 nitrogen and oxygen atoms in total. The summed E-state index contributed by atoms with van der Waals surface area (Å²) in [5.41, 5.74) is 1.05. The van der Waals surface area contributed by atoms with Crippen molar-refractivity contribution in [1.29, 1.82) is 0 Å². The highest BCUT2D eigenvalue weighted by molar-refractivity contribution is 5.92. The predicted octanol–water partition coefficient (Wildman–Crippen LogP) is 2.17. The van der Waals surface area contributed by atoms with E-state index in [2.05, 4.69) is 20.3 Å². The van der Waals surface area contributed by atoms with Crippen LogP contribution in [0, 0.1) is 11.8 Å². The smallest absolute Gasteiger partial charge is 0.269 e. The zero-order chi connectivity index (χ0) is 23.0. The molecule has 2 N–H and O–H groups in total. The second-order valence-electron chi connectivity index (χ2n) is 7.73. The topological polar surface area (TPSA) is 100 Å². The lowest BCUT2D eigenvalue weighted by Gasteiger charge is -2.45. The Hall–Kier alpha value is -3.40. The minimum absolute atomic E-state index is 0.0380. The lowest BCUT2D eigenvalue weighted by Crippen LogP contribution is -2.60. The van der Waals surface area contributed by atoms with Crippen LogP contribution in [0.4, 0.5) is 8.78 Å². The van der Waals surface area contributed by atoms with Gasteiger partial charge in [-0.2, -0.15) is 4.39 Å². The molecule has 0 aliphatic carbocycles. The van der Waals surface area contributed by atoms with Crippen molar-refractivity contribution >= 4 is 16.9 Å². The fourth-order valence-electron chi connectivity index (χ4n) is 3.70. The van der Waals surface area contributed by atoms with Gasteiger partial charge in [-0.1, -0.05) is 6.92 Å². The van der Waals surface area contributed by atoms with Crippen molar-refractivity contribution in [3.63, 3.8) is 0 Å². The number of hydrogen-bond acceptors (Lipinski definition) is 6. The van der Waals surface area contributed by atoms with Gasteiger partial charge in [-0.05, 0) is 31.5 Å². The maximum Gasteiger partial charge on any atom is 0.269 e. The third-order valence-corrected chi connectivity index (χ3v) is 5.79. The van der Waals surface area contributed by atoms with Crippen molar-refractivity contribution < 1.29 is 18.3 Å². The number of nitrogens with zero attached hydrogens (tertiary/aromatic N) is 3. The third kappa shape index (κ3) is 3.93. The van der Waals surface area contributed by atoms with E-state index in [4.69, 9.17) is 4.74 Å². The molecule has 0 spiro atoms. The largest absolute Gasteiger partial charge is 0.483 e. The minimum atomic E-state index is -0.864. The fourth-order valence-corrected chi connectivity index (χ4v) is 3.70. The molecular formula is C22H23F2N5O3. The summed E-state index contributed by atoms with van der Waals surface area (Å²) in [7, 11) is 1.44. The molecule has 1 fully saturated rings. The molecule has 0 aromatic carbocycles. The highest BCUT2D eigenvalue weighted by Gasteiger charge is 2.38. The van der Waals surface area contributed by atoms with Crippen LogP contribution in [-0.4, -0.2) is 51.5 Å². The molecular weight excluding hydrogens is 420 g/mol. The first-order valence-corrected chi connectivity index (χ1v) is 10.3. The Morgan fingerprint density at radius 3 is 2.78 bits per heavy atom. The number of rotatable bonds is 6. The summed E-state index contributed by atoms with van der Waals surface area (Å²) >= 11 is 0. The maximum atomic E-state index is 15.0. The van der Waals surface area contributed by atoms with Crippen molar-refractivity contribution in [2.75, 3.05) is 13.6 Å². The average molecular weight is 443 g/mol. The molecule has 4 rings (SSSR count). The van der Waals surface area contributed by atoms with E-state index < -0.39 is 17.7 Å². The predicted molar refractivity (Wildman–Crippen MR) is 114 cm³/mol. The number of pyridine rings is 3. The molecule has 0 bridgehead atoms. The Balaban J connectivity index is 1.45. The number of aromatic amines is 1. The van der Waals surface area contributed by atoms with Gasteiger partial charge < -0.3 is 15.0 Å². The number of hydrogen-bond donors (Lipinski definition) is 2. The number of H-pyrrole nitrogens is 1. The molecule has 4 heterocycles. The summed E-state index contributed by atoms with van der Waals surface area (Å²) in [4.78, 5) is 36.1. The lowest BCUT2D eigenvalue weighted by molar-refractivity contribution is -0.0437. The SMILES string of the molecule is CCc1cc2ncc(CN3C[C@H](Oc4ccc(C(=O)NC)nc4F)[C@H]3C)c(F)c2[nH]c1=O. The van der Waals surface area contributed by atoms with Crippen LogP contribution < -0.4 is 15.6 Å². The number of carbonyl (C=O) groups is 1. The zero-order valence-electron chi connectivity index (χ0n) is 17.9. The van der Waals surface area contributed by atoms with E-state index in [1.54, 1.807) is 6.07 Å². The quantitative estimate of drug-likeness (QED) is 0.567. The minimum Gasteiger partial charge on any atom is -0.483 e. The summed E-state index contributed by atoms with van der Waals surface area (Å²) in [5, 5.41) is 2.38. The number of ether oxygens (including phenoxy) is 1. The summed E-state index contributed by atoms with van der Waals surface area (Å²) < 4.78 is 34.9. The number of likely N-dealkylation sites (tertiary alicyclic amines) is 1. The van der Waals surface area contributed by atoms with E-state index in [1.165, 1.54) is 25.4 Å². The van der Waals surface area contributed by atoms with Crippen LogP contribution in [0.5, 0.6) is 5.75 Å². The van der Waals surface area contributed by atoms with Crippen LogP contribution >= 0.6 is 0 Å². The van der Waals surface area contributed by atoms with Crippen LogP contribution in [0.2, 0.25) is 0 Å². The molecule has 168 valence electrons. The van der Waals surface area contributed by atoms with Crippen molar-refractivity contribution in [2.45, 2.75) is 39.0 Å². The second-order valence-corrected chi connectivity index (χ2v) is 7.73. The van der Waals surface area contributed by atoms with Crippen LogP contribution in [0.1, 0.15) is 35.5 Å². The number of aryl methyl sites for hydroxylation is 1. The molecule has 2 atom stereocenters. The number of fused-ring (bicyclic) bond motifs is 1. The van der Waals surface area contributed by atoms with Crippen LogP contribution in [0.15, 0.2) is 29.2 Å². The van der Waals surface area contributed by atoms with E-state index >= 15 is 4.39 Å². The van der Waals surface area contributed by atoms with Gasteiger partial charge in [0.1, 0.15) is 17.3 Å². The van der Waals surface area contributed by atoms with E-state index in [-0.39, 0.29) is 41.2 Å². The molecule has 0 radical (unpaired) electrons. The number of carbonyl (C=O) groups excluding carboxylic acids is 1. The molecule has 10 heteroatoms. The van der Waals surface area contributed by atoms with Crippen molar-refractivity contribution in [3.8, 4) is 5.75 Å². The first-order valence-electron chi connectivity index (χ1n) is 10.3. The Morgan fingerprint density at radius 2 is 2.12 bits per heavy atom. The van der Waals surface area contributed by atoms with E-state index in [9.17, 15) is 14.0 Å². The van der Waals surface area contributed by atoms with E-state index in [1.807, 2.05) is 18.7 Å². The Labute approximate surface area is 182 Å². The lowest BCUT2D eigenvalue weighted by atomic mass is 9.99. The van der Waals surface area contributed by atoms with Gasteiger partial charge in [-0.15, -0.1) is 0 Å². The first-order chi connectivity index (χ1) is 15.3. The molecule has 3 aromatic rings. The van der Waals surface area contributed by atoms with E-state index in [0.717, 1.165) is 0 Å². The number of halogens is 2. The Kier molecular flexibility index (Phi) is 5.88. The first kappa shape index (κ1) is 21.8.